The van der Waals surface area contributed by atoms with Crippen molar-refractivity contribution in [3.05, 3.63) is 24.0 Å². The topological polar surface area (TPSA) is 28.2 Å². The smallest absolute Gasteiger partial charge is 0.0572 e. The molecular formula is C17H29N3. The van der Waals surface area contributed by atoms with Crippen LogP contribution in [0.5, 0.6) is 0 Å². The summed E-state index contributed by atoms with van der Waals surface area (Å²) in [7, 11) is 0. The largest absolute Gasteiger partial charge is 0.367 e. The van der Waals surface area contributed by atoms with Crippen LogP contribution in [0.25, 0.3) is 0 Å². The van der Waals surface area contributed by atoms with Gasteiger partial charge in [-0.25, -0.2) is 0 Å². The number of nitrogens with one attached hydrogen (secondary N) is 1. The Morgan fingerprint density at radius 1 is 1.30 bits per heavy atom. The molecule has 0 bridgehead atoms. The van der Waals surface area contributed by atoms with Crippen molar-refractivity contribution in [3.8, 4) is 0 Å². The van der Waals surface area contributed by atoms with Gasteiger partial charge in [-0.1, -0.05) is 26.7 Å². The molecule has 1 saturated heterocycles. The van der Waals surface area contributed by atoms with Crippen LogP contribution < -0.4 is 10.2 Å². The molecule has 0 saturated carbocycles. The molecule has 1 aliphatic heterocycles. The maximum atomic E-state index is 4.67. The third-order valence-electron chi connectivity index (χ3n) is 4.40. The minimum atomic E-state index is 0.333. The zero-order chi connectivity index (χ0) is 14.4. The SMILES string of the molecule is CCNC(C)c1ccc(N2CCCCCC2CC)cn1. The molecule has 1 aliphatic rings. The number of hydrogen-bond acceptors (Lipinski definition) is 3. The summed E-state index contributed by atoms with van der Waals surface area (Å²) in [6.07, 6.45) is 8.68. The van der Waals surface area contributed by atoms with Gasteiger partial charge in [0.1, 0.15) is 0 Å². The summed E-state index contributed by atoms with van der Waals surface area (Å²) >= 11 is 0. The Bertz CT molecular complexity index is 388. The molecule has 0 aromatic carbocycles. The van der Waals surface area contributed by atoms with E-state index in [1.807, 2.05) is 0 Å². The van der Waals surface area contributed by atoms with Gasteiger partial charge in [0.25, 0.3) is 0 Å². The van der Waals surface area contributed by atoms with Gasteiger partial charge >= 0.3 is 0 Å². The lowest BCUT2D eigenvalue weighted by Crippen LogP contribution is -2.34. The summed E-state index contributed by atoms with van der Waals surface area (Å²) in [6.45, 7) is 8.77. The standard InChI is InChI=1S/C17H29N3/c1-4-15-9-7-6-8-12-20(15)16-10-11-17(19-13-16)14(3)18-5-2/h10-11,13-15,18H,4-9,12H2,1-3H3. The highest BCUT2D eigenvalue weighted by atomic mass is 15.2. The summed E-state index contributed by atoms with van der Waals surface area (Å²) < 4.78 is 0. The van der Waals surface area contributed by atoms with E-state index in [1.54, 1.807) is 0 Å². The van der Waals surface area contributed by atoms with Crippen molar-refractivity contribution in [3.63, 3.8) is 0 Å². The number of rotatable bonds is 5. The van der Waals surface area contributed by atoms with Crippen molar-refractivity contribution < 1.29 is 0 Å². The molecule has 1 N–H and O–H groups in total. The Hall–Kier alpha value is -1.09. The van der Waals surface area contributed by atoms with Gasteiger partial charge in [0.15, 0.2) is 0 Å². The van der Waals surface area contributed by atoms with Crippen LogP contribution in [-0.4, -0.2) is 24.1 Å². The van der Waals surface area contributed by atoms with Crippen molar-refractivity contribution in [2.45, 2.75) is 65.0 Å². The molecule has 0 amide bonds. The fourth-order valence-electron chi connectivity index (χ4n) is 3.18. The van der Waals surface area contributed by atoms with Crippen molar-refractivity contribution in [1.29, 1.82) is 0 Å². The second kappa shape index (κ2) is 7.63. The Morgan fingerprint density at radius 2 is 2.15 bits per heavy atom. The second-order valence-electron chi connectivity index (χ2n) is 5.83. The molecule has 0 aliphatic carbocycles. The molecule has 1 fully saturated rings. The van der Waals surface area contributed by atoms with E-state index in [0.717, 1.165) is 12.2 Å². The Balaban J connectivity index is 2.11. The van der Waals surface area contributed by atoms with Crippen LogP contribution in [0.15, 0.2) is 18.3 Å². The molecule has 0 radical (unpaired) electrons. The minimum Gasteiger partial charge on any atom is -0.367 e. The van der Waals surface area contributed by atoms with Crippen molar-refractivity contribution in [2.75, 3.05) is 18.0 Å². The van der Waals surface area contributed by atoms with E-state index in [4.69, 9.17) is 0 Å². The van der Waals surface area contributed by atoms with E-state index in [1.165, 1.54) is 44.3 Å². The molecule has 3 nitrogen and oxygen atoms in total. The first-order chi connectivity index (χ1) is 9.76. The summed E-state index contributed by atoms with van der Waals surface area (Å²) in [6, 6.07) is 5.46. The Labute approximate surface area is 123 Å². The van der Waals surface area contributed by atoms with Crippen molar-refractivity contribution in [2.24, 2.45) is 0 Å². The first kappa shape index (κ1) is 15.3. The highest BCUT2D eigenvalue weighted by Gasteiger charge is 2.20. The Morgan fingerprint density at radius 3 is 2.80 bits per heavy atom. The number of pyridine rings is 1. The monoisotopic (exact) mass is 275 g/mol. The quantitative estimate of drug-likeness (QED) is 0.883. The molecule has 1 aromatic heterocycles. The van der Waals surface area contributed by atoms with E-state index in [0.29, 0.717) is 12.1 Å². The first-order valence-corrected chi connectivity index (χ1v) is 8.22. The Kier molecular flexibility index (Phi) is 5.84. The molecule has 20 heavy (non-hydrogen) atoms. The summed E-state index contributed by atoms with van der Waals surface area (Å²) in [5.41, 5.74) is 2.43. The lowest BCUT2D eigenvalue weighted by molar-refractivity contribution is 0.554. The van der Waals surface area contributed by atoms with Gasteiger partial charge < -0.3 is 10.2 Å². The number of anilines is 1. The lowest BCUT2D eigenvalue weighted by Gasteiger charge is -2.31. The molecule has 112 valence electrons. The number of nitrogens with zero attached hydrogens (tertiary/aromatic N) is 2. The van der Waals surface area contributed by atoms with Crippen molar-refractivity contribution in [1.82, 2.24) is 10.3 Å². The van der Waals surface area contributed by atoms with Crippen LogP contribution >= 0.6 is 0 Å². The van der Waals surface area contributed by atoms with Crippen molar-refractivity contribution >= 4 is 5.69 Å². The minimum absolute atomic E-state index is 0.333. The molecule has 2 rings (SSSR count). The van der Waals surface area contributed by atoms with Crippen LogP contribution in [0.1, 0.15) is 64.6 Å². The fourth-order valence-corrected chi connectivity index (χ4v) is 3.18. The van der Waals surface area contributed by atoms with Gasteiger partial charge in [0, 0.05) is 18.6 Å². The summed E-state index contributed by atoms with van der Waals surface area (Å²) in [4.78, 5) is 7.24. The average molecular weight is 275 g/mol. The van der Waals surface area contributed by atoms with Gasteiger partial charge in [0.2, 0.25) is 0 Å². The third kappa shape index (κ3) is 3.72. The molecular weight excluding hydrogens is 246 g/mol. The number of hydrogen-bond donors (Lipinski definition) is 1. The normalized spacial score (nSPS) is 21.6. The lowest BCUT2D eigenvalue weighted by atomic mass is 10.1. The first-order valence-electron chi connectivity index (χ1n) is 8.22. The van der Waals surface area contributed by atoms with Crippen LogP contribution in [-0.2, 0) is 0 Å². The van der Waals surface area contributed by atoms with Crippen LogP contribution in [0, 0.1) is 0 Å². The zero-order valence-corrected chi connectivity index (χ0v) is 13.2. The molecule has 2 heterocycles. The highest BCUT2D eigenvalue weighted by Crippen LogP contribution is 2.26. The fraction of sp³-hybridized carbons (Fsp3) is 0.706. The highest BCUT2D eigenvalue weighted by molar-refractivity contribution is 5.46. The summed E-state index contributed by atoms with van der Waals surface area (Å²) in [5.74, 6) is 0. The van der Waals surface area contributed by atoms with E-state index >= 15 is 0 Å². The maximum absolute atomic E-state index is 4.67. The molecule has 2 atom stereocenters. The van der Waals surface area contributed by atoms with Gasteiger partial charge in [0.05, 0.1) is 17.6 Å². The summed E-state index contributed by atoms with van der Waals surface area (Å²) in [5, 5.41) is 3.41. The maximum Gasteiger partial charge on any atom is 0.0572 e. The van der Waals surface area contributed by atoms with E-state index in [2.05, 4.69) is 54.3 Å². The number of aromatic nitrogens is 1. The van der Waals surface area contributed by atoms with Gasteiger partial charge in [-0.05, 0) is 44.9 Å². The predicted octanol–water partition coefficient (Wildman–Crippen LogP) is 3.91. The van der Waals surface area contributed by atoms with Gasteiger partial charge in [-0.15, -0.1) is 0 Å². The third-order valence-corrected chi connectivity index (χ3v) is 4.40. The zero-order valence-electron chi connectivity index (χ0n) is 13.2. The molecule has 3 heteroatoms. The predicted molar refractivity (Wildman–Crippen MR) is 86.2 cm³/mol. The van der Waals surface area contributed by atoms with Crippen LogP contribution in [0.2, 0.25) is 0 Å². The van der Waals surface area contributed by atoms with E-state index < -0.39 is 0 Å². The van der Waals surface area contributed by atoms with E-state index in [-0.39, 0.29) is 0 Å². The average Bonchev–Trinajstić information content (AvgIpc) is 2.72. The second-order valence-corrected chi connectivity index (χ2v) is 5.83. The van der Waals surface area contributed by atoms with Crippen LogP contribution in [0.4, 0.5) is 5.69 Å². The molecule has 0 spiro atoms. The molecule has 2 unspecified atom stereocenters. The van der Waals surface area contributed by atoms with Crippen LogP contribution in [0.3, 0.4) is 0 Å². The molecule has 1 aromatic rings. The van der Waals surface area contributed by atoms with Gasteiger partial charge in [-0.2, -0.15) is 0 Å². The van der Waals surface area contributed by atoms with E-state index in [9.17, 15) is 0 Å². The van der Waals surface area contributed by atoms with Gasteiger partial charge in [-0.3, -0.25) is 4.98 Å².